The monoisotopic (exact) mass is 239 g/mol. The van der Waals surface area contributed by atoms with Crippen molar-refractivity contribution in [3.8, 4) is 0 Å². The van der Waals surface area contributed by atoms with Gasteiger partial charge in [0.2, 0.25) is 5.91 Å². The van der Waals surface area contributed by atoms with E-state index in [2.05, 4.69) is 10.3 Å². The molecule has 4 nitrogen and oxygen atoms in total. The number of hydrogen-bond acceptors (Lipinski definition) is 4. The summed E-state index contributed by atoms with van der Waals surface area (Å²) in [5, 5.41) is 4.24. The highest BCUT2D eigenvalue weighted by Crippen LogP contribution is 2.18. The van der Waals surface area contributed by atoms with Crippen LogP contribution in [0.1, 0.15) is 23.2 Å². The number of carbonyl (C=O) groups excluding carboxylic acids is 1. The maximum Gasteiger partial charge on any atom is 0.240 e. The molecule has 2 heterocycles. The third kappa shape index (κ3) is 2.41. The molecule has 1 unspecified atom stereocenters. The van der Waals surface area contributed by atoms with Crippen molar-refractivity contribution in [3.05, 3.63) is 16.1 Å². The minimum atomic E-state index is 0.0195. The van der Waals surface area contributed by atoms with Gasteiger partial charge in [-0.15, -0.1) is 11.3 Å². The fourth-order valence-electron chi connectivity index (χ4n) is 1.97. The zero-order chi connectivity index (χ0) is 11.5. The molecule has 0 spiro atoms. The lowest BCUT2D eigenvalue weighted by molar-refractivity contribution is -0.129. The molecule has 0 aromatic carbocycles. The second kappa shape index (κ2) is 4.93. The van der Waals surface area contributed by atoms with Crippen molar-refractivity contribution in [2.45, 2.75) is 32.9 Å². The molecular formula is C11H17N3OS. The molecule has 1 aliphatic heterocycles. The molecule has 1 atom stereocenters. The van der Waals surface area contributed by atoms with Crippen molar-refractivity contribution in [1.82, 2.24) is 15.2 Å². The zero-order valence-electron chi connectivity index (χ0n) is 9.69. The van der Waals surface area contributed by atoms with E-state index in [4.69, 9.17) is 0 Å². The summed E-state index contributed by atoms with van der Waals surface area (Å²) in [6.07, 6.45) is 2.78. The van der Waals surface area contributed by atoms with E-state index in [-0.39, 0.29) is 11.9 Å². The number of likely N-dealkylation sites (tertiary alicyclic amines) is 1. The molecule has 0 radical (unpaired) electrons. The van der Waals surface area contributed by atoms with Crippen molar-refractivity contribution in [3.63, 3.8) is 0 Å². The molecule has 88 valence electrons. The van der Waals surface area contributed by atoms with Crippen molar-refractivity contribution in [2.24, 2.45) is 0 Å². The van der Waals surface area contributed by atoms with Gasteiger partial charge in [0, 0.05) is 17.6 Å². The summed E-state index contributed by atoms with van der Waals surface area (Å²) in [6, 6.07) is 0.0195. The third-order valence-corrected chi connectivity index (χ3v) is 3.64. The first-order valence-electron chi connectivity index (χ1n) is 5.64. The largest absolute Gasteiger partial charge is 0.335 e. The number of amides is 1. The third-order valence-electron chi connectivity index (χ3n) is 2.74. The fourth-order valence-corrected chi connectivity index (χ4v) is 2.77. The average molecular weight is 239 g/mol. The second-order valence-corrected chi connectivity index (χ2v) is 5.34. The SMILES string of the molecule is CCNC1CCN(Cc2ncc(C)s2)C1=O. The van der Waals surface area contributed by atoms with Gasteiger partial charge in [-0.25, -0.2) is 4.98 Å². The lowest BCUT2D eigenvalue weighted by Crippen LogP contribution is -2.37. The first-order valence-corrected chi connectivity index (χ1v) is 6.46. The van der Waals surface area contributed by atoms with Crippen molar-refractivity contribution in [2.75, 3.05) is 13.1 Å². The Balaban J connectivity index is 1.94. The highest BCUT2D eigenvalue weighted by Gasteiger charge is 2.30. The minimum absolute atomic E-state index is 0.0195. The quantitative estimate of drug-likeness (QED) is 0.857. The highest BCUT2D eigenvalue weighted by molar-refractivity contribution is 7.11. The Hall–Kier alpha value is -0.940. The van der Waals surface area contributed by atoms with E-state index in [9.17, 15) is 4.79 Å². The number of rotatable bonds is 4. The van der Waals surface area contributed by atoms with Gasteiger partial charge in [-0.1, -0.05) is 6.92 Å². The summed E-state index contributed by atoms with van der Waals surface area (Å²) in [5.41, 5.74) is 0. The van der Waals surface area contributed by atoms with Crippen LogP contribution < -0.4 is 5.32 Å². The van der Waals surface area contributed by atoms with E-state index in [1.165, 1.54) is 4.88 Å². The molecular weight excluding hydrogens is 222 g/mol. The first-order chi connectivity index (χ1) is 7.70. The Kier molecular flexibility index (Phi) is 3.56. The standard InChI is InChI=1S/C11H17N3OS/c1-3-12-9-4-5-14(11(9)15)7-10-13-6-8(2)16-10/h6,9,12H,3-5,7H2,1-2H3. The Morgan fingerprint density at radius 2 is 2.50 bits per heavy atom. The maximum absolute atomic E-state index is 11.9. The Morgan fingerprint density at radius 1 is 1.69 bits per heavy atom. The predicted molar refractivity (Wildman–Crippen MR) is 64.3 cm³/mol. The second-order valence-electron chi connectivity index (χ2n) is 4.02. The van der Waals surface area contributed by atoms with Crippen LogP contribution in [0.5, 0.6) is 0 Å². The lowest BCUT2D eigenvalue weighted by atomic mass is 10.2. The molecule has 0 aliphatic carbocycles. The Labute approximate surface area is 99.7 Å². The van der Waals surface area contributed by atoms with Gasteiger partial charge >= 0.3 is 0 Å². The smallest absolute Gasteiger partial charge is 0.240 e. The summed E-state index contributed by atoms with van der Waals surface area (Å²) >= 11 is 1.67. The highest BCUT2D eigenvalue weighted by atomic mass is 32.1. The number of likely N-dealkylation sites (N-methyl/N-ethyl adjacent to an activating group) is 1. The zero-order valence-corrected chi connectivity index (χ0v) is 10.5. The van der Waals surface area contributed by atoms with Gasteiger partial charge in [0.25, 0.3) is 0 Å². The number of nitrogens with zero attached hydrogens (tertiary/aromatic N) is 2. The molecule has 0 saturated carbocycles. The molecule has 16 heavy (non-hydrogen) atoms. The van der Waals surface area contributed by atoms with Crippen LogP contribution in [0, 0.1) is 6.92 Å². The summed E-state index contributed by atoms with van der Waals surface area (Å²) < 4.78 is 0. The van der Waals surface area contributed by atoms with Gasteiger partial charge in [0.05, 0.1) is 12.6 Å². The number of nitrogens with one attached hydrogen (secondary N) is 1. The summed E-state index contributed by atoms with van der Waals surface area (Å²) in [7, 11) is 0. The molecule has 1 saturated heterocycles. The normalized spacial score (nSPS) is 20.8. The van der Waals surface area contributed by atoms with Crippen LogP contribution in [0.3, 0.4) is 0 Å². The number of hydrogen-bond donors (Lipinski definition) is 1. The number of aromatic nitrogens is 1. The van der Waals surface area contributed by atoms with E-state index < -0.39 is 0 Å². The number of thiazole rings is 1. The number of carbonyl (C=O) groups is 1. The van der Waals surface area contributed by atoms with Crippen LogP contribution in [-0.2, 0) is 11.3 Å². The predicted octanol–water partition coefficient (Wildman–Crippen LogP) is 1.16. The van der Waals surface area contributed by atoms with Crippen LogP contribution in [0.2, 0.25) is 0 Å². The molecule has 5 heteroatoms. The topological polar surface area (TPSA) is 45.2 Å². The van der Waals surface area contributed by atoms with Crippen molar-refractivity contribution < 1.29 is 4.79 Å². The van der Waals surface area contributed by atoms with Gasteiger partial charge in [-0.3, -0.25) is 4.79 Å². The summed E-state index contributed by atoms with van der Waals surface area (Å²) in [5.74, 6) is 0.217. The van der Waals surface area contributed by atoms with Gasteiger partial charge in [0.15, 0.2) is 0 Å². The molecule has 1 aliphatic rings. The molecule has 1 aromatic heterocycles. The summed E-state index contributed by atoms with van der Waals surface area (Å²) in [4.78, 5) is 19.3. The van der Waals surface area contributed by atoms with Crippen molar-refractivity contribution >= 4 is 17.2 Å². The molecule has 1 amide bonds. The van der Waals surface area contributed by atoms with Crippen molar-refractivity contribution in [1.29, 1.82) is 0 Å². The van der Waals surface area contributed by atoms with E-state index in [0.29, 0.717) is 6.54 Å². The molecule has 0 bridgehead atoms. The van der Waals surface area contributed by atoms with Gasteiger partial charge in [-0.05, 0) is 19.9 Å². The molecule has 1 aromatic rings. The van der Waals surface area contributed by atoms with Crippen LogP contribution in [0.4, 0.5) is 0 Å². The number of aryl methyl sites for hydroxylation is 1. The molecule has 1 fully saturated rings. The first kappa shape index (κ1) is 11.5. The molecule has 1 N–H and O–H groups in total. The average Bonchev–Trinajstić information content (AvgIpc) is 2.80. The van der Waals surface area contributed by atoms with Crippen LogP contribution in [0.25, 0.3) is 0 Å². The van der Waals surface area contributed by atoms with Gasteiger partial charge in [-0.2, -0.15) is 0 Å². The Morgan fingerprint density at radius 3 is 3.12 bits per heavy atom. The minimum Gasteiger partial charge on any atom is -0.335 e. The summed E-state index contributed by atoms with van der Waals surface area (Å²) in [6.45, 7) is 6.42. The maximum atomic E-state index is 11.9. The van der Waals surface area contributed by atoms with Gasteiger partial charge in [0.1, 0.15) is 5.01 Å². The Bertz CT molecular complexity index is 377. The van der Waals surface area contributed by atoms with Crippen LogP contribution >= 0.6 is 11.3 Å². The van der Waals surface area contributed by atoms with Crippen LogP contribution in [0.15, 0.2) is 6.20 Å². The van der Waals surface area contributed by atoms with E-state index in [1.807, 2.05) is 24.9 Å². The van der Waals surface area contributed by atoms with E-state index in [1.54, 1.807) is 11.3 Å². The molecule has 2 rings (SSSR count). The van der Waals surface area contributed by atoms with E-state index in [0.717, 1.165) is 24.5 Å². The van der Waals surface area contributed by atoms with Gasteiger partial charge < -0.3 is 10.2 Å². The van der Waals surface area contributed by atoms with Crippen LogP contribution in [-0.4, -0.2) is 34.9 Å². The van der Waals surface area contributed by atoms with E-state index >= 15 is 0 Å². The fraction of sp³-hybridized carbons (Fsp3) is 0.636. The lowest BCUT2D eigenvalue weighted by Gasteiger charge is -2.15.